The van der Waals surface area contributed by atoms with E-state index in [1.54, 1.807) is 0 Å². The first-order valence-corrected chi connectivity index (χ1v) is 5.27. The Morgan fingerprint density at radius 3 is 2.54 bits per heavy atom. The van der Waals surface area contributed by atoms with Crippen LogP contribution in [0.5, 0.6) is 0 Å². The second-order valence-electron chi connectivity index (χ2n) is 5.02. The molecule has 74 valence electrons. The van der Waals surface area contributed by atoms with Gasteiger partial charge in [-0.05, 0) is 32.1 Å². The molecular formula is C12H21N. The summed E-state index contributed by atoms with van der Waals surface area (Å²) in [6, 6.07) is 0. The number of hydrogen-bond donors (Lipinski definition) is 1. The van der Waals surface area contributed by atoms with Crippen molar-refractivity contribution in [3.8, 4) is 11.8 Å². The first kappa shape index (κ1) is 10.6. The van der Waals surface area contributed by atoms with Gasteiger partial charge in [0, 0.05) is 17.9 Å². The van der Waals surface area contributed by atoms with Crippen molar-refractivity contribution >= 4 is 0 Å². The van der Waals surface area contributed by atoms with Crippen LogP contribution in [-0.2, 0) is 0 Å². The van der Waals surface area contributed by atoms with Gasteiger partial charge in [0.1, 0.15) is 0 Å². The predicted molar refractivity (Wildman–Crippen MR) is 57.2 cm³/mol. The van der Waals surface area contributed by atoms with Gasteiger partial charge >= 0.3 is 0 Å². The minimum Gasteiger partial charge on any atom is -0.324 e. The van der Waals surface area contributed by atoms with E-state index in [2.05, 4.69) is 32.6 Å². The molecule has 1 aliphatic rings. The molecule has 1 rings (SSSR count). The van der Waals surface area contributed by atoms with Gasteiger partial charge in [0.05, 0.1) is 0 Å². The molecule has 13 heavy (non-hydrogen) atoms. The molecule has 0 saturated heterocycles. The maximum atomic E-state index is 6.12. The Labute approximate surface area is 82.1 Å². The molecule has 1 unspecified atom stereocenters. The maximum Gasteiger partial charge on any atom is 0.0267 e. The van der Waals surface area contributed by atoms with Gasteiger partial charge in [0.25, 0.3) is 0 Å². The van der Waals surface area contributed by atoms with Crippen LogP contribution in [0.2, 0.25) is 0 Å². The molecule has 0 radical (unpaired) electrons. The fourth-order valence-corrected chi connectivity index (χ4v) is 1.63. The Morgan fingerprint density at radius 1 is 1.46 bits per heavy atom. The Morgan fingerprint density at radius 2 is 2.08 bits per heavy atom. The number of hydrogen-bond acceptors (Lipinski definition) is 1. The standard InChI is InChI=1S/C12H21N/c1-10(2)9-12(3,13)8-4-5-11-6-7-11/h10-11H,6-9,13H2,1-3H3. The molecule has 1 fully saturated rings. The van der Waals surface area contributed by atoms with E-state index in [1.807, 2.05) is 0 Å². The van der Waals surface area contributed by atoms with Crippen LogP contribution >= 0.6 is 0 Å². The summed E-state index contributed by atoms with van der Waals surface area (Å²) in [6.45, 7) is 6.52. The molecule has 0 aromatic carbocycles. The largest absolute Gasteiger partial charge is 0.324 e. The summed E-state index contributed by atoms with van der Waals surface area (Å²) in [4.78, 5) is 0. The smallest absolute Gasteiger partial charge is 0.0267 e. The van der Waals surface area contributed by atoms with Gasteiger partial charge in [-0.2, -0.15) is 0 Å². The van der Waals surface area contributed by atoms with Gasteiger partial charge in [0.15, 0.2) is 0 Å². The lowest BCUT2D eigenvalue weighted by molar-refractivity contribution is 0.377. The average molecular weight is 179 g/mol. The van der Waals surface area contributed by atoms with Crippen molar-refractivity contribution in [2.75, 3.05) is 0 Å². The highest BCUT2D eigenvalue weighted by Crippen LogP contribution is 2.27. The fourth-order valence-electron chi connectivity index (χ4n) is 1.63. The lowest BCUT2D eigenvalue weighted by atomic mass is 9.89. The summed E-state index contributed by atoms with van der Waals surface area (Å²) in [6.07, 6.45) is 4.52. The normalized spacial score (nSPS) is 20.7. The lowest BCUT2D eigenvalue weighted by Gasteiger charge is -2.23. The van der Waals surface area contributed by atoms with Crippen molar-refractivity contribution in [3.63, 3.8) is 0 Å². The quantitative estimate of drug-likeness (QED) is 0.662. The van der Waals surface area contributed by atoms with E-state index in [9.17, 15) is 0 Å². The van der Waals surface area contributed by atoms with Gasteiger partial charge in [-0.1, -0.05) is 19.8 Å². The zero-order valence-corrected chi connectivity index (χ0v) is 9.06. The third-order valence-electron chi connectivity index (χ3n) is 2.25. The Hall–Kier alpha value is -0.480. The Bertz CT molecular complexity index is 213. The highest BCUT2D eigenvalue weighted by Gasteiger charge is 2.20. The van der Waals surface area contributed by atoms with Crippen LogP contribution in [0.4, 0.5) is 0 Å². The zero-order valence-electron chi connectivity index (χ0n) is 9.06. The molecule has 1 atom stereocenters. The molecule has 0 aromatic rings. The molecule has 1 aliphatic carbocycles. The molecule has 1 nitrogen and oxygen atoms in total. The minimum atomic E-state index is -0.0872. The SMILES string of the molecule is CC(C)CC(C)(N)CC#CC1CC1. The lowest BCUT2D eigenvalue weighted by Crippen LogP contribution is -2.37. The van der Waals surface area contributed by atoms with Crippen LogP contribution in [0.25, 0.3) is 0 Å². The minimum absolute atomic E-state index is 0.0872. The molecule has 0 spiro atoms. The fraction of sp³-hybridized carbons (Fsp3) is 0.833. The summed E-state index contributed by atoms with van der Waals surface area (Å²) in [5.41, 5.74) is 6.03. The third-order valence-corrected chi connectivity index (χ3v) is 2.25. The number of nitrogens with two attached hydrogens (primary N) is 1. The molecule has 0 heterocycles. The topological polar surface area (TPSA) is 26.0 Å². The summed E-state index contributed by atoms with van der Waals surface area (Å²) in [5.74, 6) is 7.84. The summed E-state index contributed by atoms with van der Waals surface area (Å²) >= 11 is 0. The van der Waals surface area contributed by atoms with Gasteiger partial charge in [-0.3, -0.25) is 0 Å². The van der Waals surface area contributed by atoms with E-state index in [4.69, 9.17) is 5.73 Å². The highest BCUT2D eigenvalue weighted by molar-refractivity contribution is 5.11. The van der Waals surface area contributed by atoms with Crippen LogP contribution in [-0.4, -0.2) is 5.54 Å². The Balaban J connectivity index is 2.28. The van der Waals surface area contributed by atoms with Crippen LogP contribution in [0.1, 0.15) is 46.5 Å². The van der Waals surface area contributed by atoms with Gasteiger partial charge in [0.2, 0.25) is 0 Å². The molecule has 1 heteroatoms. The predicted octanol–water partition coefficient (Wildman–Crippen LogP) is 2.55. The van der Waals surface area contributed by atoms with Gasteiger partial charge in [-0.15, -0.1) is 5.92 Å². The third kappa shape index (κ3) is 4.95. The van der Waals surface area contributed by atoms with E-state index in [1.165, 1.54) is 12.8 Å². The maximum absolute atomic E-state index is 6.12. The molecular weight excluding hydrogens is 158 g/mol. The second-order valence-corrected chi connectivity index (χ2v) is 5.02. The summed E-state index contributed by atoms with van der Waals surface area (Å²) < 4.78 is 0. The van der Waals surface area contributed by atoms with Crippen molar-refractivity contribution in [2.24, 2.45) is 17.6 Å². The molecule has 0 amide bonds. The summed E-state index contributed by atoms with van der Waals surface area (Å²) in [7, 11) is 0. The first-order valence-electron chi connectivity index (χ1n) is 5.27. The van der Waals surface area contributed by atoms with Crippen molar-refractivity contribution in [2.45, 2.75) is 52.0 Å². The molecule has 0 aromatic heterocycles. The average Bonchev–Trinajstić information content (AvgIpc) is 2.67. The second kappa shape index (κ2) is 4.15. The Kier molecular flexibility index (Phi) is 3.39. The van der Waals surface area contributed by atoms with Gasteiger partial charge < -0.3 is 5.73 Å². The highest BCUT2D eigenvalue weighted by atomic mass is 14.7. The van der Waals surface area contributed by atoms with Crippen LogP contribution < -0.4 is 5.73 Å². The van der Waals surface area contributed by atoms with E-state index in [0.29, 0.717) is 11.8 Å². The van der Waals surface area contributed by atoms with E-state index < -0.39 is 0 Å². The van der Waals surface area contributed by atoms with Gasteiger partial charge in [-0.25, -0.2) is 0 Å². The zero-order chi connectivity index (χ0) is 9.90. The van der Waals surface area contributed by atoms with Crippen molar-refractivity contribution < 1.29 is 0 Å². The van der Waals surface area contributed by atoms with E-state index >= 15 is 0 Å². The summed E-state index contributed by atoms with van der Waals surface area (Å²) in [5, 5.41) is 0. The molecule has 2 N–H and O–H groups in total. The first-order chi connectivity index (χ1) is 5.99. The molecule has 0 aliphatic heterocycles. The van der Waals surface area contributed by atoms with Crippen LogP contribution in [0.15, 0.2) is 0 Å². The van der Waals surface area contributed by atoms with Crippen molar-refractivity contribution in [1.29, 1.82) is 0 Å². The van der Waals surface area contributed by atoms with Crippen molar-refractivity contribution in [3.05, 3.63) is 0 Å². The van der Waals surface area contributed by atoms with Crippen LogP contribution in [0.3, 0.4) is 0 Å². The number of rotatable bonds is 3. The molecule has 1 saturated carbocycles. The monoisotopic (exact) mass is 179 g/mol. The van der Waals surface area contributed by atoms with E-state index in [0.717, 1.165) is 12.8 Å². The molecule has 0 bridgehead atoms. The van der Waals surface area contributed by atoms with E-state index in [-0.39, 0.29) is 5.54 Å². The van der Waals surface area contributed by atoms with Crippen molar-refractivity contribution in [1.82, 2.24) is 0 Å². The van der Waals surface area contributed by atoms with Crippen LogP contribution in [0, 0.1) is 23.7 Å².